The molecule has 0 saturated carbocycles. The quantitative estimate of drug-likeness (QED) is 0.716. The molecule has 110 valence electrons. The average Bonchev–Trinajstić information content (AvgIpc) is 3.01. The first-order valence-electron chi connectivity index (χ1n) is 6.95. The molecule has 0 aliphatic heterocycles. The van der Waals surface area contributed by atoms with E-state index in [1.54, 1.807) is 11.3 Å². The third-order valence-corrected chi connectivity index (χ3v) is 4.47. The fraction of sp³-hybridized carbons (Fsp3) is 0.0556. The summed E-state index contributed by atoms with van der Waals surface area (Å²) >= 11 is 1.66. The number of hydrogen-bond donors (Lipinski definition) is 1. The van der Waals surface area contributed by atoms with Crippen molar-refractivity contribution >= 4 is 27.2 Å². The van der Waals surface area contributed by atoms with Crippen molar-refractivity contribution in [3.05, 3.63) is 59.8 Å². The Balaban J connectivity index is 1.92. The second-order valence-electron chi connectivity index (χ2n) is 4.94. The van der Waals surface area contributed by atoms with E-state index in [0.29, 0.717) is 0 Å². The van der Waals surface area contributed by atoms with Gasteiger partial charge in [0.05, 0.1) is 10.2 Å². The van der Waals surface area contributed by atoms with Gasteiger partial charge in [0.2, 0.25) is 0 Å². The summed E-state index contributed by atoms with van der Waals surface area (Å²) in [7, 11) is 0. The Morgan fingerprint density at radius 1 is 1.17 bits per heavy atom. The Kier molecular flexibility index (Phi) is 4.05. The summed E-state index contributed by atoms with van der Waals surface area (Å²) in [5.41, 5.74) is 3.98. The number of para-hydroxylation sites is 1. The predicted molar refractivity (Wildman–Crippen MR) is 92.7 cm³/mol. The van der Waals surface area contributed by atoms with Crippen LogP contribution in [0.5, 0.6) is 0 Å². The van der Waals surface area contributed by atoms with Crippen molar-refractivity contribution in [3.8, 4) is 22.7 Å². The molecule has 0 radical (unpaired) electrons. The Morgan fingerprint density at radius 3 is 2.65 bits per heavy atom. The summed E-state index contributed by atoms with van der Waals surface area (Å²) in [6.07, 6.45) is 1.42. The van der Waals surface area contributed by atoms with E-state index in [-0.39, 0.29) is 5.57 Å². The van der Waals surface area contributed by atoms with Gasteiger partial charge in [-0.1, -0.05) is 12.1 Å². The van der Waals surface area contributed by atoms with Crippen LogP contribution < -0.4 is 5.32 Å². The van der Waals surface area contributed by atoms with Gasteiger partial charge >= 0.3 is 0 Å². The maximum absolute atomic E-state index is 8.75. The summed E-state index contributed by atoms with van der Waals surface area (Å²) in [6, 6.07) is 17.7. The largest absolute Gasteiger partial charge is 0.360 e. The summed E-state index contributed by atoms with van der Waals surface area (Å²) in [6.45, 7) is 1.98. The number of allylic oxidation sites excluding steroid dienone is 1. The van der Waals surface area contributed by atoms with E-state index in [9.17, 15) is 0 Å². The van der Waals surface area contributed by atoms with E-state index >= 15 is 0 Å². The fourth-order valence-electron chi connectivity index (χ4n) is 2.19. The topological polar surface area (TPSA) is 72.5 Å². The molecular formula is C18H12N4S. The number of aryl methyl sites for hydroxylation is 1. The Morgan fingerprint density at radius 2 is 1.96 bits per heavy atom. The zero-order chi connectivity index (χ0) is 16.2. The summed E-state index contributed by atoms with van der Waals surface area (Å²) in [4.78, 5) is 4.65. The van der Waals surface area contributed by atoms with Gasteiger partial charge < -0.3 is 5.32 Å². The smallest absolute Gasteiger partial charge is 0.145 e. The highest BCUT2D eigenvalue weighted by Crippen LogP contribution is 2.31. The van der Waals surface area contributed by atoms with E-state index in [1.807, 2.05) is 55.5 Å². The maximum Gasteiger partial charge on any atom is 0.145 e. The van der Waals surface area contributed by atoms with E-state index in [2.05, 4.69) is 16.4 Å². The molecule has 0 unspecified atom stereocenters. The van der Waals surface area contributed by atoms with Crippen molar-refractivity contribution in [2.45, 2.75) is 6.92 Å². The van der Waals surface area contributed by atoms with Gasteiger partial charge in [-0.15, -0.1) is 11.3 Å². The Hall–Kier alpha value is -3.15. The summed E-state index contributed by atoms with van der Waals surface area (Å²) in [5.74, 6) is 0. The minimum atomic E-state index is 0.0413. The SMILES string of the molecule is Cc1cc(-c2nc3ccccc3s2)ccc1NC=C(C#N)C#N. The number of anilines is 1. The number of aromatic nitrogens is 1. The molecule has 0 fully saturated rings. The third-order valence-electron chi connectivity index (χ3n) is 3.38. The number of fused-ring (bicyclic) bond motifs is 1. The number of thiazole rings is 1. The molecule has 0 aliphatic rings. The predicted octanol–water partition coefficient (Wildman–Crippen LogP) is 4.61. The van der Waals surface area contributed by atoms with Crippen molar-refractivity contribution in [1.29, 1.82) is 10.5 Å². The molecule has 1 aromatic heterocycles. The van der Waals surface area contributed by atoms with Crippen molar-refractivity contribution in [3.63, 3.8) is 0 Å². The molecular weight excluding hydrogens is 304 g/mol. The molecule has 4 nitrogen and oxygen atoms in total. The lowest BCUT2D eigenvalue weighted by Gasteiger charge is -2.07. The molecule has 3 rings (SSSR count). The summed E-state index contributed by atoms with van der Waals surface area (Å²) in [5, 5.41) is 21.5. The first-order valence-corrected chi connectivity index (χ1v) is 7.76. The number of rotatable bonds is 3. The van der Waals surface area contributed by atoms with Crippen molar-refractivity contribution in [2.24, 2.45) is 0 Å². The van der Waals surface area contributed by atoms with Gasteiger partial charge in [-0.2, -0.15) is 10.5 Å². The molecule has 0 amide bonds. The zero-order valence-corrected chi connectivity index (χ0v) is 13.2. The van der Waals surface area contributed by atoms with E-state index < -0.39 is 0 Å². The van der Waals surface area contributed by atoms with Crippen LogP contribution in [0.2, 0.25) is 0 Å². The lowest BCUT2D eigenvalue weighted by atomic mass is 10.1. The molecule has 5 heteroatoms. The minimum absolute atomic E-state index is 0.0413. The van der Waals surface area contributed by atoms with E-state index in [4.69, 9.17) is 10.5 Å². The van der Waals surface area contributed by atoms with Crippen molar-refractivity contribution in [2.75, 3.05) is 5.32 Å². The molecule has 0 aliphatic carbocycles. The van der Waals surface area contributed by atoms with Gasteiger partial charge in [-0.05, 0) is 42.8 Å². The van der Waals surface area contributed by atoms with Gasteiger partial charge in [0.1, 0.15) is 22.7 Å². The van der Waals surface area contributed by atoms with Crippen LogP contribution in [0.25, 0.3) is 20.8 Å². The number of hydrogen-bond acceptors (Lipinski definition) is 5. The van der Waals surface area contributed by atoms with Gasteiger partial charge in [0, 0.05) is 17.5 Å². The maximum atomic E-state index is 8.75. The monoisotopic (exact) mass is 316 g/mol. The van der Waals surface area contributed by atoms with Gasteiger partial charge in [-0.25, -0.2) is 4.98 Å². The third kappa shape index (κ3) is 3.06. The highest BCUT2D eigenvalue weighted by molar-refractivity contribution is 7.21. The normalized spacial score (nSPS) is 9.87. The van der Waals surface area contributed by atoms with Crippen molar-refractivity contribution < 1.29 is 0 Å². The van der Waals surface area contributed by atoms with Gasteiger partial charge in [0.25, 0.3) is 0 Å². The van der Waals surface area contributed by atoms with Crippen LogP contribution in [0, 0.1) is 29.6 Å². The molecule has 23 heavy (non-hydrogen) atoms. The van der Waals surface area contributed by atoms with Gasteiger partial charge in [-0.3, -0.25) is 0 Å². The molecule has 2 aromatic carbocycles. The summed E-state index contributed by atoms with van der Waals surface area (Å²) < 4.78 is 1.16. The number of nitriles is 2. The lowest BCUT2D eigenvalue weighted by molar-refractivity contribution is 1.40. The highest BCUT2D eigenvalue weighted by atomic mass is 32.1. The highest BCUT2D eigenvalue weighted by Gasteiger charge is 2.07. The van der Waals surface area contributed by atoms with E-state index in [0.717, 1.165) is 32.0 Å². The zero-order valence-electron chi connectivity index (χ0n) is 12.4. The molecule has 0 bridgehead atoms. The average molecular weight is 316 g/mol. The molecule has 3 aromatic rings. The molecule has 0 atom stereocenters. The molecule has 0 saturated heterocycles. The van der Waals surface area contributed by atoms with Crippen LogP contribution in [0.4, 0.5) is 5.69 Å². The number of nitrogens with zero attached hydrogens (tertiary/aromatic N) is 3. The molecule has 1 N–H and O–H groups in total. The second-order valence-corrected chi connectivity index (χ2v) is 5.97. The lowest BCUT2D eigenvalue weighted by Crippen LogP contribution is -1.93. The van der Waals surface area contributed by atoms with Gasteiger partial charge in [0.15, 0.2) is 0 Å². The Labute approximate surface area is 138 Å². The number of benzene rings is 2. The second kappa shape index (κ2) is 6.31. The first-order chi connectivity index (χ1) is 11.2. The van der Waals surface area contributed by atoms with Crippen LogP contribution >= 0.6 is 11.3 Å². The molecule has 1 heterocycles. The van der Waals surface area contributed by atoms with Crippen LogP contribution in [0.15, 0.2) is 54.2 Å². The molecule has 0 spiro atoms. The standard InChI is InChI=1S/C18H12N4S/c1-12-8-14(6-7-15(12)21-11-13(9-19)10-20)18-22-16-4-2-3-5-17(16)23-18/h2-8,11,21H,1H3. The van der Waals surface area contributed by atoms with Crippen LogP contribution in [-0.4, -0.2) is 4.98 Å². The fourth-order valence-corrected chi connectivity index (χ4v) is 3.16. The Bertz CT molecular complexity index is 937. The minimum Gasteiger partial charge on any atom is -0.360 e. The van der Waals surface area contributed by atoms with E-state index in [1.165, 1.54) is 6.20 Å². The number of nitrogens with one attached hydrogen (secondary N) is 1. The van der Waals surface area contributed by atoms with Crippen LogP contribution in [0.1, 0.15) is 5.56 Å². The van der Waals surface area contributed by atoms with Crippen LogP contribution in [0.3, 0.4) is 0 Å². The van der Waals surface area contributed by atoms with Crippen LogP contribution in [-0.2, 0) is 0 Å². The van der Waals surface area contributed by atoms with Crippen molar-refractivity contribution in [1.82, 2.24) is 4.98 Å². The first kappa shape index (κ1) is 14.8.